The van der Waals surface area contributed by atoms with Gasteiger partial charge in [-0.15, -0.1) is 0 Å². The number of rotatable bonds is 8. The molecule has 0 spiro atoms. The van der Waals surface area contributed by atoms with E-state index in [9.17, 15) is 14.3 Å². The summed E-state index contributed by atoms with van der Waals surface area (Å²) in [6.07, 6.45) is 5.70. The monoisotopic (exact) mass is 558 g/mol. The number of carbonyl (C=O) groups is 1. The fourth-order valence-corrected chi connectivity index (χ4v) is 5.30. The van der Waals surface area contributed by atoms with Crippen LogP contribution < -0.4 is 11.1 Å². The van der Waals surface area contributed by atoms with E-state index in [-0.39, 0.29) is 23.8 Å². The summed E-state index contributed by atoms with van der Waals surface area (Å²) in [5, 5.41) is 22.9. The first kappa shape index (κ1) is 28.3. The van der Waals surface area contributed by atoms with Crippen LogP contribution in [-0.2, 0) is 24.9 Å². The lowest BCUT2D eigenvalue weighted by Gasteiger charge is -2.40. The van der Waals surface area contributed by atoms with E-state index in [0.717, 1.165) is 16.7 Å². The van der Waals surface area contributed by atoms with Gasteiger partial charge in [0, 0.05) is 63.8 Å². The van der Waals surface area contributed by atoms with Crippen molar-refractivity contribution < 1.29 is 14.3 Å². The number of likely N-dealkylation sites (tertiary alicyclic amines) is 1. The summed E-state index contributed by atoms with van der Waals surface area (Å²) in [5.74, 6) is -0.111. The Morgan fingerprint density at radius 2 is 1.93 bits per heavy atom. The van der Waals surface area contributed by atoms with Crippen LogP contribution in [0.3, 0.4) is 0 Å². The van der Waals surface area contributed by atoms with Crippen LogP contribution in [0.25, 0.3) is 17.1 Å². The smallest absolute Gasteiger partial charge is 0.279 e. The molecule has 2 aliphatic heterocycles. The predicted octanol–water partition coefficient (Wildman–Crippen LogP) is 2.49. The quantitative estimate of drug-likeness (QED) is 0.336. The van der Waals surface area contributed by atoms with Crippen LogP contribution in [0.15, 0.2) is 65.5 Å². The van der Waals surface area contributed by atoms with E-state index in [1.165, 1.54) is 17.3 Å². The molecule has 1 fully saturated rings. The number of hydrogen-bond donors (Lipinski definition) is 4. The van der Waals surface area contributed by atoms with E-state index in [4.69, 9.17) is 11.1 Å². The summed E-state index contributed by atoms with van der Waals surface area (Å²) in [5.41, 5.74) is 8.18. The molecular weight excluding hydrogens is 523 g/mol. The van der Waals surface area contributed by atoms with E-state index in [1.807, 2.05) is 48.1 Å². The van der Waals surface area contributed by atoms with Gasteiger partial charge in [0.05, 0.1) is 24.2 Å². The predicted molar refractivity (Wildman–Crippen MR) is 156 cm³/mol. The van der Waals surface area contributed by atoms with Gasteiger partial charge in [-0.2, -0.15) is 0 Å². The fourth-order valence-electron chi connectivity index (χ4n) is 5.30. The van der Waals surface area contributed by atoms with Gasteiger partial charge in [0.15, 0.2) is 0 Å². The number of nitrogens with zero attached hydrogens (tertiary/aromatic N) is 5. The van der Waals surface area contributed by atoms with E-state index in [0.29, 0.717) is 56.1 Å². The molecule has 41 heavy (non-hydrogen) atoms. The van der Waals surface area contributed by atoms with E-state index < -0.39 is 11.5 Å². The number of hydrogen-bond acceptors (Lipinski definition) is 8. The number of β-amino-alcohol motifs (C(OH)–C–C–N with tert-alkyl or cyclic N) is 1. The maximum Gasteiger partial charge on any atom is 0.279 e. The highest BCUT2D eigenvalue weighted by atomic mass is 19.1. The van der Waals surface area contributed by atoms with Gasteiger partial charge >= 0.3 is 0 Å². The minimum absolute atomic E-state index is 0.0334. The molecule has 0 saturated carbocycles. The number of nitrogens with two attached hydrogens (primary N) is 1. The zero-order valence-electron chi connectivity index (χ0n) is 23.3. The molecule has 0 aliphatic carbocycles. The molecule has 1 aromatic heterocycles. The number of carbonyl (C=O) groups excluding carboxylic acids is 1. The van der Waals surface area contributed by atoms with Crippen LogP contribution in [0.4, 0.5) is 4.39 Å². The Labute approximate surface area is 238 Å². The number of aliphatic hydroxyl groups is 1. The molecule has 3 heterocycles. The molecule has 214 valence electrons. The zero-order chi connectivity index (χ0) is 29.1. The lowest BCUT2D eigenvalue weighted by Crippen LogP contribution is -2.53. The van der Waals surface area contributed by atoms with Gasteiger partial charge in [0.2, 0.25) is 0 Å². The Morgan fingerprint density at radius 3 is 2.54 bits per heavy atom. The highest BCUT2D eigenvalue weighted by molar-refractivity contribution is 6.47. The van der Waals surface area contributed by atoms with Crippen LogP contribution in [0.5, 0.6) is 0 Å². The van der Waals surface area contributed by atoms with Crippen molar-refractivity contribution in [1.82, 2.24) is 24.7 Å². The van der Waals surface area contributed by atoms with Crippen LogP contribution >= 0.6 is 0 Å². The van der Waals surface area contributed by atoms with E-state index in [1.54, 1.807) is 19.3 Å². The van der Waals surface area contributed by atoms with Gasteiger partial charge in [-0.3, -0.25) is 20.0 Å². The van der Waals surface area contributed by atoms with Crippen molar-refractivity contribution >= 4 is 23.7 Å². The molecule has 1 saturated heterocycles. The van der Waals surface area contributed by atoms with Crippen molar-refractivity contribution in [2.75, 3.05) is 26.7 Å². The molecule has 11 heteroatoms. The van der Waals surface area contributed by atoms with Gasteiger partial charge in [-0.25, -0.2) is 14.4 Å². The Bertz CT molecular complexity index is 1500. The van der Waals surface area contributed by atoms with Crippen LogP contribution in [-0.4, -0.2) is 74.7 Å². The number of benzene rings is 2. The minimum atomic E-state index is -1.13. The normalized spacial score (nSPS) is 18.6. The summed E-state index contributed by atoms with van der Waals surface area (Å²) < 4.78 is 16.8. The van der Waals surface area contributed by atoms with Crippen molar-refractivity contribution in [1.29, 1.82) is 5.41 Å². The molecule has 0 radical (unpaired) electrons. The molecule has 10 nitrogen and oxygen atoms in total. The summed E-state index contributed by atoms with van der Waals surface area (Å²) >= 11 is 0. The van der Waals surface area contributed by atoms with Crippen LogP contribution in [0, 0.1) is 11.2 Å². The highest BCUT2D eigenvalue weighted by Crippen LogP contribution is 2.28. The molecule has 0 bridgehead atoms. The molecule has 3 aromatic rings. The lowest BCUT2D eigenvalue weighted by atomic mass is 9.90. The summed E-state index contributed by atoms with van der Waals surface area (Å²) in [6.45, 7) is 1.96. The fraction of sp³-hybridized carbons (Fsp3) is 0.333. The van der Waals surface area contributed by atoms with Crippen molar-refractivity contribution in [3.63, 3.8) is 0 Å². The average molecular weight is 559 g/mol. The van der Waals surface area contributed by atoms with Crippen molar-refractivity contribution in [3.8, 4) is 11.4 Å². The minimum Gasteiger partial charge on any atom is -0.388 e. The first-order valence-electron chi connectivity index (χ1n) is 13.6. The summed E-state index contributed by atoms with van der Waals surface area (Å²) in [4.78, 5) is 25.2. The number of imidazole rings is 1. The number of aryl methyl sites for hydroxylation is 1. The SMILES string of the molecule is CN/C(=C1/N=CN(CC2(O)CCN(Cc3ccc(-c4nccn4C)cc3F)CC2)C(=O)C1=N)c1ccc(CN)cc1. The van der Waals surface area contributed by atoms with E-state index in [2.05, 4.69) is 20.2 Å². The van der Waals surface area contributed by atoms with E-state index >= 15 is 0 Å². The second-order valence-corrected chi connectivity index (χ2v) is 10.6. The number of nitrogens with one attached hydrogen (secondary N) is 2. The maximum absolute atomic E-state index is 14.9. The maximum atomic E-state index is 14.9. The topological polar surface area (TPSA) is 136 Å². The van der Waals surface area contributed by atoms with Gasteiger partial charge in [0.25, 0.3) is 5.91 Å². The molecule has 0 unspecified atom stereocenters. The van der Waals surface area contributed by atoms with Crippen molar-refractivity contribution in [2.45, 2.75) is 31.5 Å². The van der Waals surface area contributed by atoms with Crippen molar-refractivity contribution in [3.05, 3.63) is 83.1 Å². The highest BCUT2D eigenvalue weighted by Gasteiger charge is 2.38. The second kappa shape index (κ2) is 11.7. The number of amides is 1. The standard InChI is InChI=1S/C30H35FN8O2/c1-34-26(21-5-3-20(16-32)4-6-21)27-25(33)29(40)39(19-36-27)18-30(41)9-12-38(13-10-30)17-23-8-7-22(15-24(23)31)28-35-11-14-37(28)2/h3-8,11,14-15,19,33-34,41H,9-10,12-13,16-18,32H2,1-2H3/b27-26+,33-25?. The Morgan fingerprint density at radius 1 is 1.20 bits per heavy atom. The number of piperidine rings is 1. The third-order valence-corrected chi connectivity index (χ3v) is 7.78. The van der Waals surface area contributed by atoms with Gasteiger partial charge < -0.3 is 20.7 Å². The molecule has 1 amide bonds. The Hall–Kier alpha value is -4.19. The van der Waals surface area contributed by atoms with Gasteiger partial charge in [-0.1, -0.05) is 36.4 Å². The third-order valence-electron chi connectivity index (χ3n) is 7.78. The molecular formula is C30H35FN8O2. The van der Waals surface area contributed by atoms with Gasteiger partial charge in [0.1, 0.15) is 23.1 Å². The Kier molecular flexibility index (Phi) is 8.11. The lowest BCUT2D eigenvalue weighted by molar-refractivity contribution is -0.124. The van der Waals surface area contributed by atoms with Gasteiger partial charge in [-0.05, 0) is 30.0 Å². The second-order valence-electron chi connectivity index (χ2n) is 10.6. The van der Waals surface area contributed by atoms with Crippen LogP contribution in [0.1, 0.15) is 29.5 Å². The number of aliphatic imine (C=N–C) groups is 1. The molecule has 2 aliphatic rings. The Balaban J connectivity index is 1.22. The largest absolute Gasteiger partial charge is 0.388 e. The van der Waals surface area contributed by atoms with Crippen molar-refractivity contribution in [2.24, 2.45) is 17.8 Å². The molecule has 5 rings (SSSR count). The number of aromatic nitrogens is 2. The molecule has 0 atom stereocenters. The molecule has 5 N–H and O–H groups in total. The first-order valence-corrected chi connectivity index (χ1v) is 13.6. The van der Waals surface area contributed by atoms with Crippen LogP contribution in [0.2, 0.25) is 0 Å². The first-order chi connectivity index (χ1) is 19.7. The summed E-state index contributed by atoms with van der Waals surface area (Å²) in [7, 11) is 3.59. The summed E-state index contributed by atoms with van der Waals surface area (Å²) in [6, 6.07) is 12.7. The number of halogens is 1. The third kappa shape index (κ3) is 5.97. The zero-order valence-corrected chi connectivity index (χ0v) is 23.3. The molecule has 2 aromatic carbocycles. The average Bonchev–Trinajstić information content (AvgIpc) is 3.41.